The summed E-state index contributed by atoms with van der Waals surface area (Å²) < 4.78 is 7.16. The van der Waals surface area contributed by atoms with E-state index in [4.69, 9.17) is 10.5 Å². The number of benzene rings is 1. The molecular weight excluding hydrogens is 248 g/mol. The number of nitrogens with two attached hydrogens (primary N) is 1. The second kappa shape index (κ2) is 5.30. The lowest BCUT2D eigenvalue weighted by Crippen LogP contribution is -1.98. The van der Waals surface area contributed by atoms with Crippen molar-refractivity contribution in [2.75, 3.05) is 12.8 Å². The van der Waals surface area contributed by atoms with Crippen molar-refractivity contribution in [1.29, 1.82) is 0 Å². The number of nitrogens with zero attached hydrogens (tertiary/aromatic N) is 3. The molecule has 0 unspecified atom stereocenters. The number of hydrogen-bond acceptors (Lipinski definition) is 5. The minimum atomic E-state index is 0.731. The molecule has 0 aliphatic carbocycles. The van der Waals surface area contributed by atoms with E-state index in [-0.39, 0.29) is 0 Å². The van der Waals surface area contributed by atoms with E-state index in [2.05, 4.69) is 10.2 Å². The minimum Gasteiger partial charge on any atom is -0.497 e. The third kappa shape index (κ3) is 2.59. The largest absolute Gasteiger partial charge is 0.497 e. The van der Waals surface area contributed by atoms with E-state index in [1.807, 2.05) is 36.7 Å². The maximum Gasteiger partial charge on any atom is 0.143 e. The highest BCUT2D eigenvalue weighted by Gasteiger charge is 2.08. The monoisotopic (exact) mass is 264 g/mol. The van der Waals surface area contributed by atoms with Crippen LogP contribution in [0.5, 0.6) is 5.75 Å². The lowest BCUT2D eigenvalue weighted by molar-refractivity contribution is 0.414. The zero-order valence-electron chi connectivity index (χ0n) is 10.7. The van der Waals surface area contributed by atoms with Crippen molar-refractivity contribution in [2.45, 2.75) is 17.6 Å². The average Bonchev–Trinajstić information content (AvgIpc) is 2.69. The Hall–Kier alpha value is -1.69. The van der Waals surface area contributed by atoms with Gasteiger partial charge in [-0.3, -0.25) is 0 Å². The molecule has 0 fully saturated rings. The van der Waals surface area contributed by atoms with Crippen molar-refractivity contribution in [3.05, 3.63) is 29.8 Å². The molecule has 0 saturated carbocycles. The molecule has 0 aliphatic heterocycles. The van der Waals surface area contributed by atoms with Gasteiger partial charge in [0.25, 0.3) is 0 Å². The SMILES string of the molecule is COc1ccc(N)c(SCc2nnc(C)n2C)c1. The Morgan fingerprint density at radius 3 is 2.78 bits per heavy atom. The first kappa shape index (κ1) is 12.8. The highest BCUT2D eigenvalue weighted by molar-refractivity contribution is 7.98. The van der Waals surface area contributed by atoms with Gasteiger partial charge in [0.1, 0.15) is 17.4 Å². The minimum absolute atomic E-state index is 0.731. The number of aryl methyl sites for hydroxylation is 1. The Morgan fingerprint density at radius 1 is 1.39 bits per heavy atom. The van der Waals surface area contributed by atoms with E-state index >= 15 is 0 Å². The summed E-state index contributed by atoms with van der Waals surface area (Å²) in [5, 5.41) is 8.15. The first-order chi connectivity index (χ1) is 8.61. The van der Waals surface area contributed by atoms with Gasteiger partial charge in [-0.15, -0.1) is 22.0 Å². The number of methoxy groups -OCH3 is 1. The molecule has 96 valence electrons. The van der Waals surface area contributed by atoms with Crippen molar-refractivity contribution in [3.63, 3.8) is 0 Å². The average molecular weight is 264 g/mol. The van der Waals surface area contributed by atoms with Crippen LogP contribution in [-0.4, -0.2) is 21.9 Å². The van der Waals surface area contributed by atoms with Crippen molar-refractivity contribution in [3.8, 4) is 5.75 Å². The first-order valence-corrected chi connectivity index (χ1v) is 6.51. The van der Waals surface area contributed by atoms with Gasteiger partial charge >= 0.3 is 0 Å². The Balaban J connectivity index is 2.12. The summed E-state index contributed by atoms with van der Waals surface area (Å²) in [7, 11) is 3.60. The lowest BCUT2D eigenvalue weighted by atomic mass is 10.3. The Labute approximate surface area is 110 Å². The molecule has 0 aliphatic rings. The molecule has 2 N–H and O–H groups in total. The van der Waals surface area contributed by atoms with Crippen molar-refractivity contribution < 1.29 is 4.74 Å². The highest BCUT2D eigenvalue weighted by Crippen LogP contribution is 2.30. The van der Waals surface area contributed by atoms with E-state index in [9.17, 15) is 0 Å². The van der Waals surface area contributed by atoms with Gasteiger partial charge in [0.05, 0.1) is 12.9 Å². The summed E-state index contributed by atoms with van der Waals surface area (Å²) in [4.78, 5) is 0.995. The molecule has 1 heterocycles. The molecule has 0 atom stereocenters. The molecule has 0 spiro atoms. The van der Waals surface area contributed by atoms with Gasteiger partial charge < -0.3 is 15.0 Å². The molecule has 18 heavy (non-hydrogen) atoms. The second-order valence-corrected chi connectivity index (χ2v) is 4.93. The number of anilines is 1. The summed E-state index contributed by atoms with van der Waals surface area (Å²) in [5.41, 5.74) is 6.68. The molecule has 6 heteroatoms. The zero-order chi connectivity index (χ0) is 13.1. The Morgan fingerprint density at radius 2 is 2.17 bits per heavy atom. The number of thioether (sulfide) groups is 1. The summed E-state index contributed by atoms with van der Waals surface area (Å²) in [6, 6.07) is 5.64. The molecular formula is C12H16N4OS. The fourth-order valence-electron chi connectivity index (χ4n) is 1.49. The summed E-state index contributed by atoms with van der Waals surface area (Å²) in [6.45, 7) is 1.93. The summed E-state index contributed by atoms with van der Waals surface area (Å²) in [5.74, 6) is 3.37. The van der Waals surface area contributed by atoms with Crippen LogP contribution in [0.2, 0.25) is 0 Å². The van der Waals surface area contributed by atoms with Crippen LogP contribution in [0.15, 0.2) is 23.1 Å². The van der Waals surface area contributed by atoms with Gasteiger partial charge in [0.2, 0.25) is 0 Å². The van der Waals surface area contributed by atoms with Crippen molar-refractivity contribution >= 4 is 17.4 Å². The Kier molecular flexibility index (Phi) is 3.76. The number of hydrogen-bond donors (Lipinski definition) is 1. The van der Waals surface area contributed by atoms with Crippen LogP contribution in [-0.2, 0) is 12.8 Å². The van der Waals surface area contributed by atoms with Gasteiger partial charge in [-0.2, -0.15) is 0 Å². The molecule has 2 rings (SSSR count). The topological polar surface area (TPSA) is 66.0 Å². The van der Waals surface area contributed by atoms with Gasteiger partial charge in [-0.05, 0) is 25.1 Å². The third-order valence-electron chi connectivity index (χ3n) is 2.76. The van der Waals surface area contributed by atoms with Crippen LogP contribution in [0.25, 0.3) is 0 Å². The fourth-order valence-corrected chi connectivity index (χ4v) is 2.46. The van der Waals surface area contributed by atoms with Crippen molar-refractivity contribution in [1.82, 2.24) is 14.8 Å². The smallest absolute Gasteiger partial charge is 0.143 e. The molecule has 1 aromatic carbocycles. The predicted octanol–water partition coefficient (Wildman–Crippen LogP) is 2.01. The van der Waals surface area contributed by atoms with E-state index < -0.39 is 0 Å². The maximum absolute atomic E-state index is 5.93. The third-order valence-corrected chi connectivity index (χ3v) is 3.83. The van der Waals surface area contributed by atoms with Crippen LogP contribution in [0.1, 0.15) is 11.6 Å². The lowest BCUT2D eigenvalue weighted by Gasteiger charge is -2.07. The number of ether oxygens (including phenoxy) is 1. The van der Waals surface area contributed by atoms with Crippen LogP contribution < -0.4 is 10.5 Å². The molecule has 5 nitrogen and oxygen atoms in total. The van der Waals surface area contributed by atoms with E-state index in [0.717, 1.165) is 33.7 Å². The molecule has 2 aromatic rings. The molecule has 1 aromatic heterocycles. The summed E-state index contributed by atoms with van der Waals surface area (Å²) >= 11 is 1.63. The molecule has 0 bridgehead atoms. The number of aromatic nitrogens is 3. The van der Waals surface area contributed by atoms with Crippen LogP contribution >= 0.6 is 11.8 Å². The van der Waals surface area contributed by atoms with Gasteiger partial charge in [0, 0.05) is 17.6 Å². The predicted molar refractivity (Wildman–Crippen MR) is 72.7 cm³/mol. The summed E-state index contributed by atoms with van der Waals surface area (Å²) in [6.07, 6.45) is 0. The molecule has 0 amide bonds. The van der Waals surface area contributed by atoms with Crippen LogP contribution in [0, 0.1) is 6.92 Å². The van der Waals surface area contributed by atoms with E-state index in [1.165, 1.54) is 0 Å². The zero-order valence-corrected chi connectivity index (χ0v) is 11.5. The Bertz CT molecular complexity index is 553. The standard InChI is InChI=1S/C12H16N4OS/c1-8-14-15-12(16(8)2)7-18-11-6-9(17-3)4-5-10(11)13/h4-6H,7,13H2,1-3H3. The number of rotatable bonds is 4. The molecule has 0 radical (unpaired) electrons. The van der Waals surface area contributed by atoms with E-state index in [1.54, 1.807) is 18.9 Å². The quantitative estimate of drug-likeness (QED) is 0.676. The van der Waals surface area contributed by atoms with Gasteiger partial charge in [-0.1, -0.05) is 0 Å². The fraction of sp³-hybridized carbons (Fsp3) is 0.333. The maximum atomic E-state index is 5.93. The highest BCUT2D eigenvalue weighted by atomic mass is 32.2. The van der Waals surface area contributed by atoms with Gasteiger partial charge in [0.15, 0.2) is 0 Å². The van der Waals surface area contributed by atoms with Crippen LogP contribution in [0.3, 0.4) is 0 Å². The first-order valence-electron chi connectivity index (χ1n) is 5.53. The van der Waals surface area contributed by atoms with Gasteiger partial charge in [-0.25, -0.2) is 0 Å². The van der Waals surface area contributed by atoms with Crippen LogP contribution in [0.4, 0.5) is 5.69 Å². The van der Waals surface area contributed by atoms with Crippen molar-refractivity contribution in [2.24, 2.45) is 7.05 Å². The van der Waals surface area contributed by atoms with E-state index in [0.29, 0.717) is 0 Å². The second-order valence-electron chi connectivity index (χ2n) is 3.91. The number of nitrogen functional groups attached to an aromatic ring is 1. The normalized spacial score (nSPS) is 10.6. The molecule has 0 saturated heterocycles.